The number of likely N-dealkylation sites (tertiary alicyclic amines) is 1. The third kappa shape index (κ3) is 5.44. The van der Waals surface area contributed by atoms with Crippen molar-refractivity contribution in [2.75, 3.05) is 33.3 Å². The molecule has 2 fully saturated rings. The van der Waals surface area contributed by atoms with Gasteiger partial charge in [0.1, 0.15) is 6.10 Å². The van der Waals surface area contributed by atoms with Crippen LogP contribution in [-0.4, -0.2) is 62.3 Å². The van der Waals surface area contributed by atoms with E-state index in [9.17, 15) is 4.79 Å². The maximum Gasteiger partial charge on any atom is 0.250 e. The van der Waals surface area contributed by atoms with Crippen molar-refractivity contribution in [2.45, 2.75) is 38.0 Å². The van der Waals surface area contributed by atoms with Gasteiger partial charge in [-0.15, -0.1) is 24.8 Å². The molecule has 19 heavy (non-hydrogen) atoms. The quantitative estimate of drug-likeness (QED) is 0.776. The maximum atomic E-state index is 12.0. The van der Waals surface area contributed by atoms with E-state index in [1.165, 1.54) is 0 Å². The average Bonchev–Trinajstić information content (AvgIpc) is 2.35. The lowest BCUT2D eigenvalue weighted by atomic mass is 9.98. The number of carbonyl (C=O) groups is 1. The van der Waals surface area contributed by atoms with Crippen LogP contribution in [0.4, 0.5) is 0 Å². The summed E-state index contributed by atoms with van der Waals surface area (Å²) in [6, 6.07) is 0.846. The highest BCUT2D eigenvalue weighted by Crippen LogP contribution is 2.15. The molecule has 2 N–H and O–H groups in total. The van der Waals surface area contributed by atoms with Gasteiger partial charge in [0.15, 0.2) is 0 Å². The molecule has 1 amide bonds. The molecule has 2 rings (SSSR count). The molecule has 0 aliphatic carbocycles. The number of hydrogen-bond donors (Lipinski definition) is 2. The monoisotopic (exact) mass is 313 g/mol. The van der Waals surface area contributed by atoms with Gasteiger partial charge in [-0.1, -0.05) is 0 Å². The van der Waals surface area contributed by atoms with Crippen LogP contribution in [0.1, 0.15) is 19.8 Å². The summed E-state index contributed by atoms with van der Waals surface area (Å²) in [5, 5.41) is 6.28. The zero-order valence-electron chi connectivity index (χ0n) is 11.6. The minimum absolute atomic E-state index is 0. The molecule has 0 aromatic carbocycles. The zero-order valence-corrected chi connectivity index (χ0v) is 13.2. The minimum atomic E-state index is -0.307. The van der Waals surface area contributed by atoms with E-state index >= 15 is 0 Å². The van der Waals surface area contributed by atoms with Gasteiger partial charge >= 0.3 is 0 Å². The van der Waals surface area contributed by atoms with Crippen LogP contribution in [0.15, 0.2) is 0 Å². The fraction of sp³-hybridized carbons (Fsp3) is 0.917. The molecule has 0 aromatic heterocycles. The number of hydrogen-bond acceptors (Lipinski definition) is 4. The first kappa shape index (κ1) is 18.9. The number of ether oxygens (including phenoxy) is 1. The Hall–Kier alpha value is -0.0700. The van der Waals surface area contributed by atoms with Gasteiger partial charge in [-0.25, -0.2) is 0 Å². The summed E-state index contributed by atoms with van der Waals surface area (Å²) in [5.41, 5.74) is 0. The highest BCUT2D eigenvalue weighted by Gasteiger charge is 2.27. The Bertz CT molecular complexity index is 276. The number of rotatable bonds is 2. The van der Waals surface area contributed by atoms with Crippen molar-refractivity contribution in [3.05, 3.63) is 0 Å². The minimum Gasteiger partial charge on any atom is -0.366 e. The van der Waals surface area contributed by atoms with Crippen molar-refractivity contribution in [1.29, 1.82) is 0 Å². The number of nitrogens with zero attached hydrogens (tertiary/aromatic N) is 1. The second-order valence-electron chi connectivity index (χ2n) is 5.12. The van der Waals surface area contributed by atoms with Crippen LogP contribution in [0.25, 0.3) is 0 Å². The summed E-state index contributed by atoms with van der Waals surface area (Å²) >= 11 is 0. The molecular weight excluding hydrogens is 289 g/mol. The topological polar surface area (TPSA) is 53.6 Å². The van der Waals surface area contributed by atoms with Gasteiger partial charge in [0, 0.05) is 31.7 Å². The third-order valence-electron chi connectivity index (χ3n) is 3.77. The van der Waals surface area contributed by atoms with E-state index in [0.29, 0.717) is 25.2 Å². The highest BCUT2D eigenvalue weighted by molar-refractivity contribution is 5.85. The number of piperidine rings is 1. The molecule has 2 aliphatic rings. The fourth-order valence-corrected chi connectivity index (χ4v) is 2.45. The lowest BCUT2D eigenvalue weighted by Gasteiger charge is -2.36. The number of morpholine rings is 1. The lowest BCUT2D eigenvalue weighted by molar-refractivity contribution is -0.135. The third-order valence-corrected chi connectivity index (χ3v) is 3.77. The van der Waals surface area contributed by atoms with Crippen molar-refractivity contribution < 1.29 is 9.53 Å². The van der Waals surface area contributed by atoms with E-state index in [2.05, 4.69) is 29.5 Å². The molecule has 0 spiro atoms. The van der Waals surface area contributed by atoms with Crippen molar-refractivity contribution >= 4 is 30.7 Å². The first-order valence-electron chi connectivity index (χ1n) is 6.49. The number of carbonyl (C=O) groups excluding carboxylic acids is 1. The Morgan fingerprint density at radius 3 is 2.74 bits per heavy atom. The van der Waals surface area contributed by atoms with Crippen molar-refractivity contribution in [1.82, 2.24) is 15.5 Å². The maximum absolute atomic E-state index is 12.0. The fourth-order valence-electron chi connectivity index (χ4n) is 2.45. The van der Waals surface area contributed by atoms with E-state index in [-0.39, 0.29) is 36.8 Å². The average molecular weight is 314 g/mol. The molecule has 3 unspecified atom stereocenters. The predicted molar refractivity (Wildman–Crippen MR) is 80.4 cm³/mol. The number of amides is 1. The molecule has 7 heteroatoms. The SMILES string of the molecule is CC1CC(NC(=O)C2CNCCO2)CCN1C.Cl.Cl. The normalized spacial score (nSPS) is 31.8. The second-order valence-corrected chi connectivity index (χ2v) is 5.12. The molecular formula is C12H25Cl2N3O2. The largest absolute Gasteiger partial charge is 0.366 e. The second kappa shape index (κ2) is 8.97. The van der Waals surface area contributed by atoms with Gasteiger partial charge in [0.05, 0.1) is 6.61 Å². The van der Waals surface area contributed by atoms with Gasteiger partial charge in [0.25, 0.3) is 5.91 Å². The van der Waals surface area contributed by atoms with E-state index < -0.39 is 0 Å². The molecule has 0 saturated carbocycles. The Morgan fingerprint density at radius 2 is 2.16 bits per heavy atom. The smallest absolute Gasteiger partial charge is 0.250 e. The lowest BCUT2D eigenvalue weighted by Crippen LogP contribution is -2.53. The molecule has 2 aliphatic heterocycles. The van der Waals surface area contributed by atoms with E-state index in [0.717, 1.165) is 25.9 Å². The molecule has 2 heterocycles. The van der Waals surface area contributed by atoms with Crippen LogP contribution in [0.3, 0.4) is 0 Å². The van der Waals surface area contributed by atoms with Crippen molar-refractivity contribution in [3.8, 4) is 0 Å². The van der Waals surface area contributed by atoms with Gasteiger partial charge < -0.3 is 20.3 Å². The Balaban J connectivity index is 0.00000162. The predicted octanol–water partition coefficient (Wildman–Crippen LogP) is 0.417. The van der Waals surface area contributed by atoms with Crippen molar-refractivity contribution in [2.24, 2.45) is 0 Å². The molecule has 0 bridgehead atoms. The summed E-state index contributed by atoms with van der Waals surface area (Å²) in [4.78, 5) is 14.3. The van der Waals surface area contributed by atoms with Crippen LogP contribution < -0.4 is 10.6 Å². The van der Waals surface area contributed by atoms with Gasteiger partial charge in [-0.2, -0.15) is 0 Å². The van der Waals surface area contributed by atoms with Crippen LogP contribution in [0, 0.1) is 0 Å². The standard InChI is InChI=1S/C12H23N3O2.2ClH/c1-9-7-10(3-5-15(9)2)14-12(16)11-8-13-4-6-17-11;;/h9-11,13H,3-8H2,1-2H3,(H,14,16);2*1H. The first-order valence-corrected chi connectivity index (χ1v) is 6.49. The van der Waals surface area contributed by atoms with E-state index in [1.807, 2.05) is 0 Å². The Labute approximate surface area is 127 Å². The summed E-state index contributed by atoms with van der Waals surface area (Å²) in [6.45, 7) is 5.36. The van der Waals surface area contributed by atoms with E-state index in [4.69, 9.17) is 4.74 Å². The van der Waals surface area contributed by atoms with Crippen LogP contribution >= 0.6 is 24.8 Å². The van der Waals surface area contributed by atoms with Gasteiger partial charge in [-0.3, -0.25) is 4.79 Å². The number of nitrogens with one attached hydrogen (secondary N) is 2. The first-order chi connectivity index (χ1) is 8.16. The Kier molecular flexibility index (Phi) is 8.94. The van der Waals surface area contributed by atoms with Crippen LogP contribution in [0.2, 0.25) is 0 Å². The summed E-state index contributed by atoms with van der Waals surface area (Å²) in [7, 11) is 2.14. The molecule has 5 nitrogen and oxygen atoms in total. The van der Waals surface area contributed by atoms with E-state index in [1.54, 1.807) is 0 Å². The van der Waals surface area contributed by atoms with Crippen molar-refractivity contribution in [3.63, 3.8) is 0 Å². The molecule has 0 aromatic rings. The van der Waals surface area contributed by atoms with Crippen LogP contribution in [-0.2, 0) is 9.53 Å². The Morgan fingerprint density at radius 1 is 1.42 bits per heavy atom. The van der Waals surface area contributed by atoms with Gasteiger partial charge in [-0.05, 0) is 26.8 Å². The van der Waals surface area contributed by atoms with Gasteiger partial charge in [0.2, 0.25) is 0 Å². The zero-order chi connectivity index (χ0) is 12.3. The summed E-state index contributed by atoms with van der Waals surface area (Å²) in [6.07, 6.45) is 1.76. The molecule has 0 radical (unpaired) electrons. The van der Waals surface area contributed by atoms with Crippen LogP contribution in [0.5, 0.6) is 0 Å². The molecule has 2 saturated heterocycles. The highest BCUT2D eigenvalue weighted by atomic mass is 35.5. The molecule has 3 atom stereocenters. The molecule has 114 valence electrons. The number of halogens is 2. The summed E-state index contributed by atoms with van der Waals surface area (Å²) in [5.74, 6) is 0.0407. The summed E-state index contributed by atoms with van der Waals surface area (Å²) < 4.78 is 5.44.